The number of fused-ring (bicyclic) bond motifs is 1. The molecule has 5 heteroatoms. The van der Waals surface area contributed by atoms with Crippen molar-refractivity contribution in [3.8, 4) is 0 Å². The Morgan fingerprint density at radius 1 is 1.32 bits per heavy atom. The van der Waals surface area contributed by atoms with E-state index in [2.05, 4.69) is 11.9 Å². The molecule has 0 saturated carbocycles. The third kappa shape index (κ3) is 3.01. The number of halogens is 1. The molecule has 1 amide bonds. The SMILES string of the molecule is Cc1cccc(F)c1C(=O)N1CC[C@@H]2CN(C)CCO[C@@H]2C1. The Labute approximate surface area is 130 Å². The largest absolute Gasteiger partial charge is 0.375 e. The number of benzene rings is 1. The van der Waals surface area contributed by atoms with E-state index in [1.807, 2.05) is 0 Å². The van der Waals surface area contributed by atoms with Crippen LogP contribution >= 0.6 is 0 Å². The summed E-state index contributed by atoms with van der Waals surface area (Å²) in [7, 11) is 2.10. The Morgan fingerprint density at radius 2 is 2.14 bits per heavy atom. The third-order valence-corrected chi connectivity index (χ3v) is 4.77. The van der Waals surface area contributed by atoms with Crippen molar-refractivity contribution in [1.29, 1.82) is 0 Å². The number of piperidine rings is 1. The Balaban J connectivity index is 1.75. The minimum Gasteiger partial charge on any atom is -0.375 e. The molecule has 2 heterocycles. The van der Waals surface area contributed by atoms with Crippen molar-refractivity contribution in [3.63, 3.8) is 0 Å². The maximum atomic E-state index is 14.0. The first-order valence-electron chi connectivity index (χ1n) is 7.91. The summed E-state index contributed by atoms with van der Waals surface area (Å²) < 4.78 is 19.9. The predicted molar refractivity (Wildman–Crippen MR) is 82.4 cm³/mol. The van der Waals surface area contributed by atoms with Crippen molar-refractivity contribution in [2.24, 2.45) is 5.92 Å². The summed E-state index contributed by atoms with van der Waals surface area (Å²) in [4.78, 5) is 16.7. The van der Waals surface area contributed by atoms with Gasteiger partial charge in [-0.25, -0.2) is 4.39 Å². The van der Waals surface area contributed by atoms with Crippen molar-refractivity contribution in [3.05, 3.63) is 35.1 Å². The lowest BCUT2D eigenvalue weighted by atomic mass is 9.92. The maximum absolute atomic E-state index is 14.0. The highest BCUT2D eigenvalue weighted by molar-refractivity contribution is 5.96. The average molecular weight is 306 g/mol. The monoisotopic (exact) mass is 306 g/mol. The van der Waals surface area contributed by atoms with Gasteiger partial charge in [-0.15, -0.1) is 0 Å². The number of aryl methyl sites for hydroxylation is 1. The zero-order chi connectivity index (χ0) is 15.7. The van der Waals surface area contributed by atoms with Gasteiger partial charge in [0, 0.05) is 32.1 Å². The molecule has 4 nitrogen and oxygen atoms in total. The highest BCUT2D eigenvalue weighted by Gasteiger charge is 2.35. The third-order valence-electron chi connectivity index (χ3n) is 4.77. The quantitative estimate of drug-likeness (QED) is 0.795. The molecule has 2 saturated heterocycles. The summed E-state index contributed by atoms with van der Waals surface area (Å²) in [5.74, 6) is -0.192. The lowest BCUT2D eigenvalue weighted by molar-refractivity contribution is -0.0172. The molecule has 3 rings (SSSR count). The van der Waals surface area contributed by atoms with Crippen LogP contribution in [0, 0.1) is 18.7 Å². The molecule has 2 aliphatic rings. The van der Waals surface area contributed by atoms with Gasteiger partial charge in [-0.2, -0.15) is 0 Å². The molecule has 0 aromatic heterocycles. The van der Waals surface area contributed by atoms with E-state index < -0.39 is 5.82 Å². The second-order valence-corrected chi connectivity index (χ2v) is 6.40. The van der Waals surface area contributed by atoms with Gasteiger partial charge in [0.15, 0.2) is 0 Å². The van der Waals surface area contributed by atoms with E-state index in [0.717, 1.165) is 19.5 Å². The Hall–Kier alpha value is -1.46. The van der Waals surface area contributed by atoms with Gasteiger partial charge in [0.25, 0.3) is 5.91 Å². The number of carbonyl (C=O) groups excluding carboxylic acids is 1. The molecule has 22 heavy (non-hydrogen) atoms. The first kappa shape index (κ1) is 15.4. The Kier molecular flexibility index (Phi) is 4.45. The molecule has 0 aliphatic carbocycles. The number of hydrogen-bond donors (Lipinski definition) is 0. The fourth-order valence-electron chi connectivity index (χ4n) is 3.46. The van der Waals surface area contributed by atoms with Gasteiger partial charge in [-0.1, -0.05) is 12.1 Å². The topological polar surface area (TPSA) is 32.8 Å². The van der Waals surface area contributed by atoms with Crippen molar-refractivity contribution in [2.75, 3.05) is 39.8 Å². The molecule has 2 fully saturated rings. The number of nitrogens with zero attached hydrogens (tertiary/aromatic N) is 2. The number of amides is 1. The molecule has 0 unspecified atom stereocenters. The van der Waals surface area contributed by atoms with Crippen LogP contribution in [0.15, 0.2) is 18.2 Å². The van der Waals surface area contributed by atoms with Crippen LogP contribution in [0.25, 0.3) is 0 Å². The maximum Gasteiger partial charge on any atom is 0.257 e. The number of likely N-dealkylation sites (tertiary alicyclic amines) is 1. The summed E-state index contributed by atoms with van der Waals surface area (Å²) in [6.45, 7) is 5.63. The van der Waals surface area contributed by atoms with Crippen molar-refractivity contribution in [1.82, 2.24) is 9.80 Å². The smallest absolute Gasteiger partial charge is 0.257 e. The van der Waals surface area contributed by atoms with E-state index in [4.69, 9.17) is 4.74 Å². The van der Waals surface area contributed by atoms with E-state index in [1.165, 1.54) is 6.07 Å². The fourth-order valence-corrected chi connectivity index (χ4v) is 3.46. The summed E-state index contributed by atoms with van der Waals surface area (Å²) in [6, 6.07) is 4.77. The highest BCUT2D eigenvalue weighted by Crippen LogP contribution is 2.25. The van der Waals surface area contributed by atoms with Gasteiger partial charge in [-0.05, 0) is 32.0 Å². The summed E-state index contributed by atoms with van der Waals surface area (Å²) in [5, 5.41) is 0. The molecule has 2 atom stereocenters. The van der Waals surface area contributed by atoms with Gasteiger partial charge in [0.2, 0.25) is 0 Å². The minimum absolute atomic E-state index is 0.0646. The lowest BCUT2D eigenvalue weighted by Gasteiger charge is -2.38. The summed E-state index contributed by atoms with van der Waals surface area (Å²) in [5.41, 5.74) is 0.889. The number of hydrogen-bond acceptors (Lipinski definition) is 3. The van der Waals surface area contributed by atoms with Crippen LogP contribution in [-0.4, -0.2) is 61.6 Å². The van der Waals surface area contributed by atoms with Crippen LogP contribution in [0.4, 0.5) is 4.39 Å². The molecule has 2 aliphatic heterocycles. The van der Waals surface area contributed by atoms with Gasteiger partial charge in [0.05, 0.1) is 18.3 Å². The van der Waals surface area contributed by atoms with E-state index in [9.17, 15) is 9.18 Å². The van der Waals surface area contributed by atoms with Crippen LogP contribution in [0.2, 0.25) is 0 Å². The molecule has 0 bridgehead atoms. The number of carbonyl (C=O) groups is 1. The van der Waals surface area contributed by atoms with Crippen LogP contribution in [0.5, 0.6) is 0 Å². The normalized spacial score (nSPS) is 26.4. The van der Waals surface area contributed by atoms with Crippen LogP contribution in [0.3, 0.4) is 0 Å². The molecule has 1 aromatic carbocycles. The molecule has 0 N–H and O–H groups in total. The zero-order valence-corrected chi connectivity index (χ0v) is 13.2. The fraction of sp³-hybridized carbons (Fsp3) is 0.588. The molecule has 0 spiro atoms. The van der Waals surface area contributed by atoms with Crippen molar-refractivity contribution < 1.29 is 13.9 Å². The molecule has 1 aromatic rings. The van der Waals surface area contributed by atoms with Crippen molar-refractivity contribution >= 4 is 5.91 Å². The van der Waals surface area contributed by atoms with E-state index in [1.54, 1.807) is 24.0 Å². The number of ether oxygens (including phenoxy) is 1. The summed E-state index contributed by atoms with van der Waals surface area (Å²) in [6.07, 6.45) is 0.976. The second-order valence-electron chi connectivity index (χ2n) is 6.40. The van der Waals surface area contributed by atoms with Crippen LogP contribution in [-0.2, 0) is 4.74 Å². The van der Waals surface area contributed by atoms with E-state index in [0.29, 0.717) is 31.2 Å². The average Bonchev–Trinajstić information content (AvgIpc) is 2.66. The number of rotatable bonds is 1. The van der Waals surface area contributed by atoms with Crippen LogP contribution in [0.1, 0.15) is 22.3 Å². The van der Waals surface area contributed by atoms with Crippen molar-refractivity contribution in [2.45, 2.75) is 19.4 Å². The first-order chi connectivity index (χ1) is 10.6. The molecular formula is C17H23FN2O2. The minimum atomic E-state index is -0.436. The van der Waals surface area contributed by atoms with Gasteiger partial charge >= 0.3 is 0 Å². The first-order valence-corrected chi connectivity index (χ1v) is 7.91. The van der Waals surface area contributed by atoms with E-state index in [-0.39, 0.29) is 17.6 Å². The molecular weight excluding hydrogens is 283 g/mol. The Morgan fingerprint density at radius 3 is 2.91 bits per heavy atom. The standard InChI is InChI=1S/C17H23FN2O2/c1-12-4-3-5-14(18)16(12)17(21)20-7-6-13-10-19(2)8-9-22-15(13)11-20/h3-5,13,15H,6-11H2,1-2H3/t13-,15-/m1/s1. The van der Waals surface area contributed by atoms with Gasteiger partial charge in [-0.3, -0.25) is 4.79 Å². The van der Waals surface area contributed by atoms with Gasteiger partial charge in [0.1, 0.15) is 5.82 Å². The molecule has 120 valence electrons. The second kappa shape index (κ2) is 6.34. The predicted octanol–water partition coefficient (Wildman–Crippen LogP) is 1.93. The van der Waals surface area contributed by atoms with E-state index >= 15 is 0 Å². The molecule has 0 radical (unpaired) electrons. The highest BCUT2D eigenvalue weighted by atomic mass is 19.1. The lowest BCUT2D eigenvalue weighted by Crippen LogP contribution is -2.49. The number of likely N-dealkylation sites (N-methyl/N-ethyl adjacent to an activating group) is 1. The van der Waals surface area contributed by atoms with Gasteiger partial charge < -0.3 is 14.5 Å². The zero-order valence-electron chi connectivity index (χ0n) is 13.2. The summed E-state index contributed by atoms with van der Waals surface area (Å²) >= 11 is 0. The Bertz CT molecular complexity index is 543. The van der Waals surface area contributed by atoms with Crippen LogP contribution < -0.4 is 0 Å².